The minimum Gasteiger partial charge on any atom is -0.294 e. The van der Waals surface area contributed by atoms with Gasteiger partial charge >= 0.3 is 0 Å². The number of carbonyl (C=O) groups excluding carboxylic acids is 2. The maximum absolute atomic E-state index is 12.9. The predicted molar refractivity (Wildman–Crippen MR) is 81.8 cm³/mol. The minimum atomic E-state index is -3.97. The Bertz CT molecular complexity index is 665. The number of nitrogens with one attached hydrogen (secondary N) is 1. The monoisotopic (exact) mass is 344 g/mol. The van der Waals surface area contributed by atoms with E-state index in [0.717, 1.165) is 4.31 Å². The molecule has 1 heterocycles. The lowest BCUT2D eigenvalue weighted by Gasteiger charge is -2.38. The van der Waals surface area contributed by atoms with Crippen molar-refractivity contribution in [2.45, 2.75) is 43.7 Å². The van der Waals surface area contributed by atoms with Gasteiger partial charge in [0.05, 0.1) is 4.90 Å². The van der Waals surface area contributed by atoms with E-state index in [9.17, 15) is 18.0 Å². The lowest BCUT2D eigenvalue weighted by molar-refractivity contribution is -0.141. The zero-order valence-corrected chi connectivity index (χ0v) is 13.8. The summed E-state index contributed by atoms with van der Waals surface area (Å²) in [6.45, 7) is 3.41. The summed E-state index contributed by atoms with van der Waals surface area (Å²) in [7, 11) is -3.97. The predicted octanol–water partition coefficient (Wildman–Crippen LogP) is 1.54. The van der Waals surface area contributed by atoms with Crippen molar-refractivity contribution >= 4 is 33.4 Å². The molecule has 8 heteroatoms. The molecule has 2 atom stereocenters. The molecular weight excluding hydrogens is 328 g/mol. The number of sulfonamides is 1. The van der Waals surface area contributed by atoms with Crippen molar-refractivity contribution in [3.63, 3.8) is 0 Å². The van der Waals surface area contributed by atoms with Gasteiger partial charge in [-0.05, 0) is 37.1 Å². The Hall–Kier alpha value is -1.44. The molecule has 1 N–H and O–H groups in total. The summed E-state index contributed by atoms with van der Waals surface area (Å²) in [5, 5.41) is 2.65. The first kappa shape index (κ1) is 16.9. The highest BCUT2D eigenvalue weighted by Crippen LogP contribution is 2.27. The summed E-state index contributed by atoms with van der Waals surface area (Å²) >= 11 is 5.78. The Labute approximate surface area is 134 Å². The highest BCUT2D eigenvalue weighted by Gasteiger charge is 2.46. The highest BCUT2D eigenvalue weighted by atomic mass is 35.5. The van der Waals surface area contributed by atoms with Crippen molar-refractivity contribution in [3.8, 4) is 0 Å². The van der Waals surface area contributed by atoms with Crippen LogP contribution < -0.4 is 5.32 Å². The number of imide groups is 1. The third-order valence-corrected chi connectivity index (χ3v) is 5.81. The van der Waals surface area contributed by atoms with Gasteiger partial charge in [0.25, 0.3) is 0 Å². The molecule has 2 amide bonds. The molecule has 1 saturated heterocycles. The number of carbonyl (C=O) groups is 2. The molecule has 1 aromatic carbocycles. The van der Waals surface area contributed by atoms with Crippen molar-refractivity contribution in [2.24, 2.45) is 0 Å². The second-order valence-electron chi connectivity index (χ2n) is 4.99. The Kier molecular flexibility index (Phi) is 4.89. The van der Waals surface area contributed by atoms with Crippen LogP contribution in [-0.4, -0.2) is 36.6 Å². The van der Waals surface area contributed by atoms with Gasteiger partial charge in [-0.15, -0.1) is 0 Å². The molecule has 0 aliphatic carbocycles. The number of hydrogen-bond donors (Lipinski definition) is 1. The van der Waals surface area contributed by atoms with Gasteiger partial charge in [-0.25, -0.2) is 8.42 Å². The van der Waals surface area contributed by atoms with Crippen LogP contribution in [0, 0.1) is 0 Å². The number of nitrogens with zero attached hydrogens (tertiary/aromatic N) is 1. The van der Waals surface area contributed by atoms with Crippen LogP contribution in [0.25, 0.3) is 0 Å². The molecule has 1 aliphatic rings. The van der Waals surface area contributed by atoms with E-state index in [1.54, 1.807) is 13.8 Å². The smallest absolute Gasteiger partial charge is 0.245 e. The molecule has 0 radical (unpaired) electrons. The second kappa shape index (κ2) is 6.36. The lowest BCUT2D eigenvalue weighted by Crippen LogP contribution is -2.64. The van der Waals surface area contributed by atoms with E-state index in [4.69, 9.17) is 11.6 Å². The van der Waals surface area contributed by atoms with Crippen LogP contribution in [-0.2, 0) is 19.6 Å². The molecule has 120 valence electrons. The Morgan fingerprint density at radius 1 is 1.05 bits per heavy atom. The molecule has 1 aromatic rings. The van der Waals surface area contributed by atoms with Crippen LogP contribution in [0.15, 0.2) is 29.2 Å². The molecule has 1 fully saturated rings. The second-order valence-corrected chi connectivity index (χ2v) is 7.27. The molecule has 0 bridgehead atoms. The summed E-state index contributed by atoms with van der Waals surface area (Å²) in [5.41, 5.74) is 0. The van der Waals surface area contributed by atoms with Crippen molar-refractivity contribution < 1.29 is 18.0 Å². The first-order valence-electron chi connectivity index (χ1n) is 6.96. The van der Waals surface area contributed by atoms with E-state index in [-0.39, 0.29) is 17.7 Å². The third-order valence-electron chi connectivity index (χ3n) is 3.63. The van der Waals surface area contributed by atoms with E-state index < -0.39 is 33.9 Å². The van der Waals surface area contributed by atoms with Crippen molar-refractivity contribution in [1.29, 1.82) is 0 Å². The number of benzene rings is 1. The Balaban J connectivity index is 2.54. The number of amides is 2. The minimum absolute atomic E-state index is 0.0105. The van der Waals surface area contributed by atoms with Crippen molar-refractivity contribution in [2.75, 3.05) is 0 Å². The average molecular weight is 345 g/mol. The summed E-state index contributed by atoms with van der Waals surface area (Å²) in [4.78, 5) is 24.0. The van der Waals surface area contributed by atoms with Crippen LogP contribution >= 0.6 is 11.6 Å². The van der Waals surface area contributed by atoms with E-state index in [1.807, 2.05) is 0 Å². The zero-order valence-electron chi connectivity index (χ0n) is 12.2. The van der Waals surface area contributed by atoms with Crippen LogP contribution in [0.4, 0.5) is 0 Å². The summed E-state index contributed by atoms with van der Waals surface area (Å²) in [6.07, 6.45) is 0.560. The van der Waals surface area contributed by atoms with E-state index in [2.05, 4.69) is 5.32 Å². The lowest BCUT2D eigenvalue weighted by atomic mass is 10.1. The average Bonchev–Trinajstić information content (AvgIpc) is 2.47. The molecule has 0 aromatic heterocycles. The number of hydrogen-bond acceptors (Lipinski definition) is 4. The van der Waals surface area contributed by atoms with Gasteiger partial charge in [-0.3, -0.25) is 14.9 Å². The van der Waals surface area contributed by atoms with Gasteiger partial charge in [0, 0.05) is 5.02 Å². The van der Waals surface area contributed by atoms with E-state index in [0.29, 0.717) is 5.02 Å². The van der Waals surface area contributed by atoms with Gasteiger partial charge in [0.15, 0.2) is 0 Å². The first-order valence-corrected chi connectivity index (χ1v) is 8.78. The summed E-state index contributed by atoms with van der Waals surface area (Å²) in [5.74, 6) is -1.18. The largest absolute Gasteiger partial charge is 0.294 e. The number of rotatable bonds is 4. The fraction of sp³-hybridized carbons (Fsp3) is 0.429. The van der Waals surface area contributed by atoms with E-state index >= 15 is 0 Å². The molecule has 2 rings (SSSR count). The number of piperazine rings is 1. The SMILES string of the molecule is CCC1C(=O)NC(=O)C(CC)N1S(=O)(=O)c1ccc(Cl)cc1. The van der Waals surface area contributed by atoms with Crippen molar-refractivity contribution in [3.05, 3.63) is 29.3 Å². The molecule has 0 saturated carbocycles. The van der Waals surface area contributed by atoms with Crippen LogP contribution in [0.5, 0.6) is 0 Å². The standard InChI is InChI=1S/C14H17ClN2O4S/c1-3-11-13(18)16-14(19)12(4-2)17(11)22(20,21)10-7-5-9(15)6-8-10/h5-8,11-12H,3-4H2,1-2H3,(H,16,18,19). The van der Waals surface area contributed by atoms with E-state index in [1.165, 1.54) is 24.3 Å². The maximum Gasteiger partial charge on any atom is 0.245 e. The van der Waals surface area contributed by atoms with Gasteiger partial charge in [-0.2, -0.15) is 4.31 Å². The number of halogens is 1. The third kappa shape index (κ3) is 2.88. The summed E-state index contributed by atoms with van der Waals surface area (Å²) < 4.78 is 26.8. The molecule has 22 heavy (non-hydrogen) atoms. The highest BCUT2D eigenvalue weighted by molar-refractivity contribution is 7.89. The van der Waals surface area contributed by atoms with Gasteiger partial charge in [0.2, 0.25) is 21.8 Å². The fourth-order valence-corrected chi connectivity index (χ4v) is 4.54. The molecule has 1 aliphatic heterocycles. The van der Waals surface area contributed by atoms with Crippen LogP contribution in [0.3, 0.4) is 0 Å². The Morgan fingerprint density at radius 3 is 1.91 bits per heavy atom. The topological polar surface area (TPSA) is 83.6 Å². The fourth-order valence-electron chi connectivity index (χ4n) is 2.53. The van der Waals surface area contributed by atoms with Crippen LogP contribution in [0.1, 0.15) is 26.7 Å². The quantitative estimate of drug-likeness (QED) is 0.840. The normalized spacial score (nSPS) is 23.4. The molecule has 6 nitrogen and oxygen atoms in total. The first-order chi connectivity index (χ1) is 10.3. The molecule has 0 spiro atoms. The van der Waals surface area contributed by atoms with Gasteiger partial charge in [-0.1, -0.05) is 25.4 Å². The van der Waals surface area contributed by atoms with Gasteiger partial charge in [0.1, 0.15) is 12.1 Å². The summed E-state index contributed by atoms with van der Waals surface area (Å²) in [6, 6.07) is 3.86. The maximum atomic E-state index is 12.9. The van der Waals surface area contributed by atoms with Crippen molar-refractivity contribution in [1.82, 2.24) is 9.62 Å². The van der Waals surface area contributed by atoms with Gasteiger partial charge < -0.3 is 0 Å². The Morgan fingerprint density at radius 2 is 1.50 bits per heavy atom. The van der Waals surface area contributed by atoms with Crippen LogP contribution in [0.2, 0.25) is 5.02 Å². The molecule has 2 unspecified atom stereocenters. The molecular formula is C14H17ClN2O4S. The zero-order chi connectivity index (χ0) is 16.5.